The molecular formula is C22H14ClF7N2O5S. The maximum absolute atomic E-state index is 14.0. The summed E-state index contributed by atoms with van der Waals surface area (Å²) in [5.41, 5.74) is -2.20. The van der Waals surface area contributed by atoms with Gasteiger partial charge < -0.3 is 14.8 Å². The van der Waals surface area contributed by atoms with Crippen molar-refractivity contribution in [3.8, 4) is 17.2 Å². The van der Waals surface area contributed by atoms with Gasteiger partial charge >= 0.3 is 12.5 Å². The monoisotopic (exact) mass is 586 g/mol. The van der Waals surface area contributed by atoms with Crippen LogP contribution in [0.5, 0.6) is 17.2 Å². The van der Waals surface area contributed by atoms with Gasteiger partial charge in [0.2, 0.25) is 10.0 Å². The average molecular weight is 587 g/mol. The van der Waals surface area contributed by atoms with Crippen LogP contribution in [0.15, 0.2) is 59.5 Å². The lowest BCUT2D eigenvalue weighted by Crippen LogP contribution is -2.20. The molecule has 0 aliphatic heterocycles. The second kappa shape index (κ2) is 10.7. The fraction of sp³-hybridized carbons (Fsp3) is 0.136. The Morgan fingerprint density at radius 2 is 1.53 bits per heavy atom. The number of amides is 1. The molecule has 0 radical (unpaired) electrons. The van der Waals surface area contributed by atoms with Crippen molar-refractivity contribution in [3.05, 3.63) is 76.6 Å². The summed E-state index contributed by atoms with van der Waals surface area (Å²) in [4.78, 5) is 12.1. The van der Waals surface area contributed by atoms with Crippen LogP contribution in [0.1, 0.15) is 15.9 Å². The van der Waals surface area contributed by atoms with Crippen molar-refractivity contribution in [2.75, 3.05) is 12.4 Å². The van der Waals surface area contributed by atoms with Crippen molar-refractivity contribution in [1.29, 1.82) is 0 Å². The van der Waals surface area contributed by atoms with Crippen LogP contribution in [0.25, 0.3) is 0 Å². The second-order valence-electron chi connectivity index (χ2n) is 7.25. The highest BCUT2D eigenvalue weighted by molar-refractivity contribution is 7.89. The van der Waals surface area contributed by atoms with Gasteiger partial charge in [0.1, 0.15) is 28.0 Å². The molecule has 3 aromatic rings. The second-order valence-corrected chi connectivity index (χ2v) is 9.52. The molecule has 0 spiro atoms. The number of sulfonamides is 1. The number of benzene rings is 3. The van der Waals surface area contributed by atoms with Crippen LogP contribution in [0, 0.1) is 5.82 Å². The number of anilines is 1. The molecule has 3 rings (SSSR count). The number of hydrogen-bond acceptors (Lipinski definition) is 5. The average Bonchev–Trinajstić information content (AvgIpc) is 2.80. The van der Waals surface area contributed by atoms with E-state index >= 15 is 0 Å². The van der Waals surface area contributed by atoms with Crippen molar-refractivity contribution in [2.45, 2.75) is 17.4 Å². The van der Waals surface area contributed by atoms with Crippen molar-refractivity contribution in [1.82, 2.24) is 4.72 Å². The highest BCUT2D eigenvalue weighted by Gasteiger charge is 2.35. The number of carbonyl (C=O) groups is 1. The Hall–Kier alpha value is -3.56. The number of carbonyl (C=O) groups excluding carboxylic acids is 1. The van der Waals surface area contributed by atoms with Gasteiger partial charge in [0.15, 0.2) is 0 Å². The van der Waals surface area contributed by atoms with Crippen LogP contribution in [-0.2, 0) is 16.2 Å². The lowest BCUT2D eigenvalue weighted by Gasteiger charge is -2.17. The standard InChI is InChI=1S/C22H14ClF7N2O5S/c1-31-38(34,35)19-8-11(2-7-17(19)24)32-20(33)14-9-16(23)15(21(25,26)27)10-18(14)36-12-3-5-13(6-4-12)37-22(28,29)30/h2-10,31H,1H3,(H,32,33). The summed E-state index contributed by atoms with van der Waals surface area (Å²) in [5, 5.41) is 1.32. The Labute approximate surface area is 215 Å². The van der Waals surface area contributed by atoms with Gasteiger partial charge in [-0.15, -0.1) is 13.2 Å². The molecule has 0 heterocycles. The van der Waals surface area contributed by atoms with E-state index in [4.69, 9.17) is 16.3 Å². The van der Waals surface area contributed by atoms with Crippen LogP contribution < -0.4 is 19.5 Å². The molecule has 0 saturated heterocycles. The lowest BCUT2D eigenvalue weighted by atomic mass is 10.1. The summed E-state index contributed by atoms with van der Waals surface area (Å²) in [7, 11) is -3.25. The first-order valence-electron chi connectivity index (χ1n) is 9.99. The largest absolute Gasteiger partial charge is 0.573 e. The Kier molecular flexibility index (Phi) is 8.14. The lowest BCUT2D eigenvalue weighted by molar-refractivity contribution is -0.274. The van der Waals surface area contributed by atoms with Gasteiger partial charge in [-0.25, -0.2) is 17.5 Å². The zero-order valence-corrected chi connectivity index (χ0v) is 20.2. The Balaban J connectivity index is 2.00. The fourth-order valence-corrected chi connectivity index (χ4v) is 4.06. The predicted octanol–water partition coefficient (Wildman–Crippen LogP) is 6.35. The van der Waals surface area contributed by atoms with Crippen molar-refractivity contribution >= 4 is 33.2 Å². The zero-order valence-electron chi connectivity index (χ0n) is 18.7. The molecule has 204 valence electrons. The van der Waals surface area contributed by atoms with E-state index in [1.54, 1.807) is 0 Å². The van der Waals surface area contributed by atoms with Gasteiger partial charge in [-0.05, 0) is 61.6 Å². The number of halogens is 8. The van der Waals surface area contributed by atoms with Gasteiger partial charge in [-0.1, -0.05) is 11.6 Å². The third-order valence-electron chi connectivity index (χ3n) is 4.65. The molecule has 3 aromatic carbocycles. The summed E-state index contributed by atoms with van der Waals surface area (Å²) in [6.07, 6.45) is -9.96. The first-order valence-corrected chi connectivity index (χ1v) is 11.8. The topological polar surface area (TPSA) is 93.7 Å². The molecular weight excluding hydrogens is 573 g/mol. The first-order chi connectivity index (χ1) is 17.5. The van der Waals surface area contributed by atoms with E-state index in [1.807, 2.05) is 4.72 Å². The molecule has 0 unspecified atom stereocenters. The smallest absolute Gasteiger partial charge is 0.457 e. The molecule has 0 fully saturated rings. The molecule has 16 heteroatoms. The van der Waals surface area contributed by atoms with E-state index < -0.39 is 66.8 Å². The summed E-state index contributed by atoms with van der Waals surface area (Å²) in [6.45, 7) is 0. The Morgan fingerprint density at radius 1 is 0.921 bits per heavy atom. The summed E-state index contributed by atoms with van der Waals surface area (Å²) < 4.78 is 126. The van der Waals surface area contributed by atoms with E-state index in [2.05, 4.69) is 10.1 Å². The molecule has 0 saturated carbocycles. The summed E-state index contributed by atoms with van der Waals surface area (Å²) >= 11 is 5.73. The first kappa shape index (κ1) is 29.0. The van der Waals surface area contributed by atoms with Crippen LogP contribution in [-0.4, -0.2) is 27.7 Å². The quantitative estimate of drug-likeness (QED) is 0.315. The maximum Gasteiger partial charge on any atom is 0.573 e. The van der Waals surface area contributed by atoms with Crippen LogP contribution in [0.3, 0.4) is 0 Å². The van der Waals surface area contributed by atoms with E-state index in [0.29, 0.717) is 12.1 Å². The maximum atomic E-state index is 14.0. The molecule has 7 nitrogen and oxygen atoms in total. The van der Waals surface area contributed by atoms with Crippen LogP contribution >= 0.6 is 11.6 Å². The third kappa shape index (κ3) is 7.05. The molecule has 1 amide bonds. The summed E-state index contributed by atoms with van der Waals surface area (Å²) in [5.74, 6) is -3.88. The number of alkyl halides is 6. The Bertz CT molecular complexity index is 1460. The molecule has 0 aliphatic carbocycles. The van der Waals surface area contributed by atoms with Gasteiger partial charge in [0.25, 0.3) is 5.91 Å². The number of rotatable bonds is 7. The van der Waals surface area contributed by atoms with Crippen molar-refractivity contribution in [2.24, 2.45) is 0 Å². The van der Waals surface area contributed by atoms with Gasteiger partial charge in [0, 0.05) is 5.69 Å². The van der Waals surface area contributed by atoms with E-state index in [0.717, 1.165) is 49.5 Å². The molecule has 0 aliphatic rings. The normalized spacial score (nSPS) is 12.2. The molecule has 38 heavy (non-hydrogen) atoms. The number of nitrogens with one attached hydrogen (secondary N) is 2. The van der Waals surface area contributed by atoms with Gasteiger partial charge in [-0.2, -0.15) is 13.2 Å². The zero-order chi connectivity index (χ0) is 28.5. The molecule has 2 N–H and O–H groups in total. The van der Waals surface area contributed by atoms with Gasteiger partial charge in [0.05, 0.1) is 16.1 Å². The summed E-state index contributed by atoms with van der Waals surface area (Å²) in [6, 6.07) is 7.07. The fourth-order valence-electron chi connectivity index (χ4n) is 2.96. The van der Waals surface area contributed by atoms with E-state index in [-0.39, 0.29) is 11.4 Å². The van der Waals surface area contributed by atoms with Crippen LogP contribution in [0.4, 0.5) is 36.4 Å². The molecule has 0 bridgehead atoms. The van der Waals surface area contributed by atoms with Gasteiger partial charge in [-0.3, -0.25) is 4.79 Å². The van der Waals surface area contributed by atoms with E-state index in [1.165, 1.54) is 0 Å². The third-order valence-corrected chi connectivity index (χ3v) is 6.39. The number of ether oxygens (including phenoxy) is 2. The minimum Gasteiger partial charge on any atom is -0.457 e. The van der Waals surface area contributed by atoms with Crippen molar-refractivity contribution in [3.63, 3.8) is 0 Å². The highest BCUT2D eigenvalue weighted by Crippen LogP contribution is 2.40. The minimum atomic E-state index is -4.99. The SMILES string of the molecule is CNS(=O)(=O)c1cc(NC(=O)c2cc(Cl)c(C(F)(F)F)cc2Oc2ccc(OC(F)(F)F)cc2)ccc1F. The number of hydrogen-bond donors (Lipinski definition) is 2. The molecule has 0 atom stereocenters. The Morgan fingerprint density at radius 3 is 2.08 bits per heavy atom. The van der Waals surface area contributed by atoms with Crippen LogP contribution in [0.2, 0.25) is 5.02 Å². The molecule has 0 aromatic heterocycles. The van der Waals surface area contributed by atoms with Crippen molar-refractivity contribution < 1.29 is 53.4 Å². The minimum absolute atomic E-state index is 0.249. The van der Waals surface area contributed by atoms with E-state index in [9.17, 15) is 43.9 Å². The highest BCUT2D eigenvalue weighted by atomic mass is 35.5. The predicted molar refractivity (Wildman–Crippen MR) is 120 cm³/mol.